The summed E-state index contributed by atoms with van der Waals surface area (Å²) in [6.07, 6.45) is 10.2. The molecule has 1 fully saturated rings. The second-order valence-corrected chi connectivity index (χ2v) is 10.0. The van der Waals surface area contributed by atoms with Crippen LogP contribution < -0.4 is 0 Å². The lowest BCUT2D eigenvalue weighted by Gasteiger charge is -2.11. The minimum atomic E-state index is -3.23. The molecule has 2 aromatic heterocycles. The van der Waals surface area contributed by atoms with Gasteiger partial charge in [-0.3, -0.25) is 0 Å². The number of aromatic nitrogens is 2. The first-order valence-corrected chi connectivity index (χ1v) is 12.3. The van der Waals surface area contributed by atoms with Crippen molar-refractivity contribution >= 4 is 26.4 Å². The van der Waals surface area contributed by atoms with Crippen LogP contribution in [0.2, 0.25) is 0 Å². The third-order valence-electron chi connectivity index (χ3n) is 5.61. The van der Waals surface area contributed by atoms with Crippen LogP contribution >= 0.6 is 0 Å². The molecule has 1 N–H and O–H groups in total. The van der Waals surface area contributed by atoms with Crippen molar-refractivity contribution in [2.45, 2.75) is 30.6 Å². The minimum absolute atomic E-state index is 0.328. The molecule has 0 unspecified atom stereocenters. The van der Waals surface area contributed by atoms with Gasteiger partial charge in [0.2, 0.25) is 0 Å². The highest BCUT2D eigenvalue weighted by atomic mass is 32.2. The number of methoxy groups -OCH3 is 1. The fraction of sp³-hybridized carbons (Fsp3) is 0.320. The molecule has 160 valence electrons. The van der Waals surface area contributed by atoms with Crippen molar-refractivity contribution in [2.24, 2.45) is 5.92 Å². The summed E-state index contributed by atoms with van der Waals surface area (Å²) in [6, 6.07) is 11.2. The van der Waals surface area contributed by atoms with Crippen molar-refractivity contribution in [3.05, 3.63) is 65.5 Å². The van der Waals surface area contributed by atoms with E-state index in [1.54, 1.807) is 25.4 Å². The van der Waals surface area contributed by atoms with Crippen LogP contribution in [0.5, 0.6) is 0 Å². The number of pyridine rings is 1. The zero-order chi connectivity index (χ0) is 21.8. The molecule has 0 radical (unpaired) electrons. The van der Waals surface area contributed by atoms with Gasteiger partial charge in [0.25, 0.3) is 0 Å². The molecule has 1 aliphatic rings. The highest BCUT2D eigenvalue weighted by Crippen LogP contribution is 2.33. The second-order valence-electron chi connectivity index (χ2n) is 8.00. The lowest BCUT2D eigenvalue weighted by Crippen LogP contribution is -1.98. The molecule has 0 bridgehead atoms. The maximum atomic E-state index is 11.9. The fourth-order valence-electron chi connectivity index (χ4n) is 4.02. The van der Waals surface area contributed by atoms with Crippen molar-refractivity contribution in [1.29, 1.82) is 0 Å². The second kappa shape index (κ2) is 9.09. The van der Waals surface area contributed by atoms with Crippen LogP contribution in [0.25, 0.3) is 16.6 Å². The number of aromatic amines is 1. The Morgan fingerprint density at radius 3 is 2.65 bits per heavy atom. The van der Waals surface area contributed by atoms with Crippen LogP contribution in [0.3, 0.4) is 0 Å². The van der Waals surface area contributed by atoms with Crippen molar-refractivity contribution in [3.63, 3.8) is 0 Å². The predicted molar refractivity (Wildman–Crippen MR) is 123 cm³/mol. The Labute approximate surface area is 183 Å². The molecule has 1 saturated carbocycles. The van der Waals surface area contributed by atoms with Crippen LogP contribution in [0.15, 0.2) is 53.6 Å². The summed E-state index contributed by atoms with van der Waals surface area (Å²) in [5.41, 5.74) is 4.69. The van der Waals surface area contributed by atoms with E-state index in [0.717, 1.165) is 33.4 Å². The Balaban J connectivity index is 1.75. The van der Waals surface area contributed by atoms with Crippen molar-refractivity contribution in [3.8, 4) is 11.8 Å². The molecule has 0 spiro atoms. The molecular weight excluding hydrogens is 408 g/mol. The standard InChI is InChI=1S/C25H26N2O3S/c1-30-13-5-8-19-14-21-16-24(27-25(21)26-17-19)23(15-18-6-3-4-7-18)20-9-11-22(12-10-20)31(2,28)29/h9-12,14-18H,3-4,6-7,13H2,1-2H3,(H,26,27). The van der Waals surface area contributed by atoms with E-state index < -0.39 is 9.84 Å². The fourth-order valence-corrected chi connectivity index (χ4v) is 4.65. The van der Waals surface area contributed by atoms with Crippen LogP contribution in [0, 0.1) is 17.8 Å². The minimum Gasteiger partial charge on any atom is -0.372 e. The maximum absolute atomic E-state index is 11.9. The number of sulfone groups is 1. The highest BCUT2D eigenvalue weighted by Gasteiger charge is 2.17. The Kier molecular flexibility index (Phi) is 6.26. The van der Waals surface area contributed by atoms with Crippen molar-refractivity contribution in [2.75, 3.05) is 20.0 Å². The number of allylic oxidation sites excluding steroid dienone is 1. The van der Waals surface area contributed by atoms with E-state index in [9.17, 15) is 8.42 Å². The molecule has 2 heterocycles. The first kappa shape index (κ1) is 21.4. The van der Waals surface area contributed by atoms with Gasteiger partial charge in [-0.1, -0.05) is 42.9 Å². The first-order chi connectivity index (χ1) is 14.9. The number of H-pyrrole nitrogens is 1. The third-order valence-corrected chi connectivity index (χ3v) is 6.73. The van der Waals surface area contributed by atoms with E-state index in [1.807, 2.05) is 18.2 Å². The largest absolute Gasteiger partial charge is 0.372 e. The normalized spacial score (nSPS) is 15.2. The summed E-state index contributed by atoms with van der Waals surface area (Å²) < 4.78 is 28.7. The molecule has 0 aliphatic heterocycles. The van der Waals surface area contributed by atoms with Gasteiger partial charge in [0.15, 0.2) is 9.84 Å². The quantitative estimate of drug-likeness (QED) is 0.597. The number of benzene rings is 1. The number of nitrogens with one attached hydrogen (secondary N) is 1. The summed E-state index contributed by atoms with van der Waals surface area (Å²) in [6.45, 7) is 0.383. The number of fused-ring (bicyclic) bond motifs is 1. The molecule has 0 saturated heterocycles. The van der Waals surface area contributed by atoms with Crippen molar-refractivity contribution < 1.29 is 13.2 Å². The zero-order valence-corrected chi connectivity index (χ0v) is 18.6. The van der Waals surface area contributed by atoms with E-state index >= 15 is 0 Å². The Bertz CT molecular complexity index is 1270. The van der Waals surface area contributed by atoms with E-state index in [1.165, 1.54) is 31.9 Å². The monoisotopic (exact) mass is 434 g/mol. The van der Waals surface area contributed by atoms with E-state index in [4.69, 9.17) is 4.74 Å². The number of nitrogens with zero attached hydrogens (tertiary/aromatic N) is 1. The topological polar surface area (TPSA) is 72.0 Å². The number of rotatable bonds is 5. The van der Waals surface area contributed by atoms with Gasteiger partial charge in [0.05, 0.1) is 4.90 Å². The Morgan fingerprint density at radius 2 is 1.97 bits per heavy atom. The molecule has 5 nitrogen and oxygen atoms in total. The van der Waals surface area contributed by atoms with Gasteiger partial charge in [0, 0.05) is 41.8 Å². The Hall–Kier alpha value is -2.88. The summed E-state index contributed by atoms with van der Waals surface area (Å²) in [4.78, 5) is 8.29. The van der Waals surface area contributed by atoms with Gasteiger partial charge in [-0.15, -0.1) is 0 Å². The average Bonchev–Trinajstić information content (AvgIpc) is 3.41. The zero-order valence-electron chi connectivity index (χ0n) is 17.8. The Morgan fingerprint density at radius 1 is 1.23 bits per heavy atom. The number of hydrogen-bond acceptors (Lipinski definition) is 4. The summed E-state index contributed by atoms with van der Waals surface area (Å²) in [5, 5.41) is 0.990. The van der Waals surface area contributed by atoms with Gasteiger partial charge in [-0.2, -0.15) is 0 Å². The van der Waals surface area contributed by atoms with Gasteiger partial charge < -0.3 is 9.72 Å². The maximum Gasteiger partial charge on any atom is 0.175 e. The van der Waals surface area contributed by atoms with Gasteiger partial charge in [-0.05, 0) is 48.6 Å². The molecule has 0 atom stereocenters. The molecule has 0 amide bonds. The van der Waals surface area contributed by atoms with Crippen LogP contribution in [0.4, 0.5) is 0 Å². The first-order valence-electron chi connectivity index (χ1n) is 10.4. The molecule has 6 heteroatoms. The summed E-state index contributed by atoms with van der Waals surface area (Å²) in [7, 11) is -1.61. The molecule has 4 rings (SSSR count). The smallest absolute Gasteiger partial charge is 0.175 e. The average molecular weight is 435 g/mol. The number of ether oxygens (including phenoxy) is 1. The third kappa shape index (κ3) is 5.07. The van der Waals surface area contributed by atoms with Crippen LogP contribution in [-0.4, -0.2) is 38.4 Å². The van der Waals surface area contributed by atoms with E-state index in [-0.39, 0.29) is 0 Å². The predicted octanol–water partition coefficient (Wildman–Crippen LogP) is 4.59. The van der Waals surface area contributed by atoms with Gasteiger partial charge in [0.1, 0.15) is 12.3 Å². The van der Waals surface area contributed by atoms with Crippen LogP contribution in [-0.2, 0) is 14.6 Å². The lowest BCUT2D eigenvalue weighted by atomic mass is 9.96. The van der Waals surface area contributed by atoms with E-state index in [2.05, 4.69) is 34.0 Å². The SMILES string of the molecule is COCC#Cc1cnc2[nH]c(C(=CC3CCCC3)c3ccc(S(C)(=O)=O)cc3)cc2c1. The molecule has 3 aromatic rings. The molecule has 1 aliphatic carbocycles. The summed E-state index contributed by atoms with van der Waals surface area (Å²) in [5.74, 6) is 6.55. The molecule has 1 aromatic carbocycles. The van der Waals surface area contributed by atoms with Gasteiger partial charge in [-0.25, -0.2) is 13.4 Å². The molecular formula is C25H26N2O3S. The van der Waals surface area contributed by atoms with Crippen molar-refractivity contribution in [1.82, 2.24) is 9.97 Å². The number of hydrogen-bond donors (Lipinski definition) is 1. The highest BCUT2D eigenvalue weighted by molar-refractivity contribution is 7.90. The van der Waals surface area contributed by atoms with Crippen LogP contribution in [0.1, 0.15) is 42.5 Å². The molecule has 31 heavy (non-hydrogen) atoms. The van der Waals surface area contributed by atoms with E-state index in [0.29, 0.717) is 17.4 Å². The van der Waals surface area contributed by atoms with Gasteiger partial charge >= 0.3 is 0 Å². The lowest BCUT2D eigenvalue weighted by molar-refractivity contribution is 0.240. The summed E-state index contributed by atoms with van der Waals surface area (Å²) >= 11 is 0.